The lowest BCUT2D eigenvalue weighted by molar-refractivity contribution is -0.146. The topological polar surface area (TPSA) is 40.6 Å². The maximum atomic E-state index is 13.2. The van der Waals surface area contributed by atoms with Crippen molar-refractivity contribution in [1.82, 2.24) is 9.80 Å². The Morgan fingerprint density at radius 2 is 1.96 bits per heavy atom. The van der Waals surface area contributed by atoms with Crippen molar-refractivity contribution in [3.63, 3.8) is 0 Å². The average Bonchev–Trinajstić information content (AvgIpc) is 3.25. The summed E-state index contributed by atoms with van der Waals surface area (Å²) < 4.78 is 0. The molecule has 0 aromatic carbocycles. The Morgan fingerprint density at radius 1 is 1.22 bits per heavy atom. The molecule has 0 bridgehead atoms. The second-order valence-corrected chi connectivity index (χ2v) is 8.28. The van der Waals surface area contributed by atoms with Crippen LogP contribution in [0.25, 0.3) is 0 Å². The van der Waals surface area contributed by atoms with E-state index in [1.54, 1.807) is 16.2 Å². The molecule has 3 aliphatic rings. The zero-order chi connectivity index (χ0) is 16.0. The summed E-state index contributed by atoms with van der Waals surface area (Å²) in [5.41, 5.74) is 0. The number of hydrogen-bond donors (Lipinski definition) is 0. The van der Waals surface area contributed by atoms with Crippen LogP contribution in [0.2, 0.25) is 0 Å². The monoisotopic (exact) mass is 332 g/mol. The molecule has 2 saturated heterocycles. The lowest BCUT2D eigenvalue weighted by Crippen LogP contribution is -2.47. The van der Waals surface area contributed by atoms with Crippen LogP contribution in [0.4, 0.5) is 0 Å². The van der Waals surface area contributed by atoms with Gasteiger partial charge < -0.3 is 9.80 Å². The Hall–Kier alpha value is -1.36. The molecule has 124 valence electrons. The second-order valence-electron chi connectivity index (χ2n) is 7.30. The smallest absolute Gasteiger partial charge is 0.228 e. The van der Waals surface area contributed by atoms with Crippen LogP contribution in [0.5, 0.6) is 0 Å². The van der Waals surface area contributed by atoms with Crippen molar-refractivity contribution >= 4 is 23.2 Å². The van der Waals surface area contributed by atoms with Crippen molar-refractivity contribution < 1.29 is 9.59 Å². The summed E-state index contributed by atoms with van der Waals surface area (Å²) in [4.78, 5) is 30.4. The minimum atomic E-state index is -0.0795. The Morgan fingerprint density at radius 3 is 2.61 bits per heavy atom. The highest BCUT2D eigenvalue weighted by molar-refractivity contribution is 7.10. The third-order valence-corrected chi connectivity index (χ3v) is 6.99. The summed E-state index contributed by atoms with van der Waals surface area (Å²) in [7, 11) is 1.85. The van der Waals surface area contributed by atoms with Gasteiger partial charge in [-0.3, -0.25) is 9.59 Å². The van der Waals surface area contributed by atoms with Crippen molar-refractivity contribution in [3.05, 3.63) is 22.4 Å². The molecule has 23 heavy (non-hydrogen) atoms. The van der Waals surface area contributed by atoms with E-state index in [-0.39, 0.29) is 23.8 Å². The van der Waals surface area contributed by atoms with E-state index >= 15 is 0 Å². The maximum absolute atomic E-state index is 13.2. The van der Waals surface area contributed by atoms with Gasteiger partial charge in [0.15, 0.2) is 0 Å². The van der Waals surface area contributed by atoms with Crippen LogP contribution in [0.3, 0.4) is 0 Å². The summed E-state index contributed by atoms with van der Waals surface area (Å²) in [6.45, 7) is 1.88. The summed E-state index contributed by atoms with van der Waals surface area (Å²) >= 11 is 1.65. The zero-order valence-electron chi connectivity index (χ0n) is 13.6. The van der Waals surface area contributed by atoms with Crippen LogP contribution in [0, 0.1) is 17.8 Å². The van der Waals surface area contributed by atoms with Crippen LogP contribution >= 0.6 is 11.3 Å². The Bertz CT molecular complexity index is 588. The molecule has 0 unspecified atom stereocenters. The van der Waals surface area contributed by atoms with E-state index in [4.69, 9.17) is 0 Å². The van der Waals surface area contributed by atoms with E-state index in [9.17, 15) is 9.59 Å². The molecule has 0 spiro atoms. The molecule has 2 amide bonds. The fourth-order valence-corrected chi connectivity index (χ4v) is 5.73. The largest absolute Gasteiger partial charge is 0.342 e. The molecular weight excluding hydrogens is 308 g/mol. The number of thiophene rings is 1. The fourth-order valence-electron chi connectivity index (χ4n) is 4.79. The van der Waals surface area contributed by atoms with E-state index in [2.05, 4.69) is 11.0 Å². The number of rotatable bonds is 2. The first-order valence-electron chi connectivity index (χ1n) is 8.73. The van der Waals surface area contributed by atoms with Crippen LogP contribution < -0.4 is 0 Å². The van der Waals surface area contributed by atoms with Gasteiger partial charge in [-0.2, -0.15) is 0 Å². The first-order chi connectivity index (χ1) is 11.1. The van der Waals surface area contributed by atoms with Gasteiger partial charge in [0.25, 0.3) is 0 Å². The van der Waals surface area contributed by atoms with Crippen LogP contribution in [-0.2, 0) is 9.59 Å². The zero-order valence-corrected chi connectivity index (χ0v) is 14.4. The highest BCUT2D eigenvalue weighted by Gasteiger charge is 2.45. The number of hydrogen-bond acceptors (Lipinski definition) is 3. The third-order valence-electron chi connectivity index (χ3n) is 6.05. The molecular formula is C18H24N2O2S. The van der Waals surface area contributed by atoms with E-state index in [0.29, 0.717) is 12.8 Å². The molecule has 0 N–H and O–H groups in total. The van der Waals surface area contributed by atoms with Crippen LogP contribution in [0.1, 0.15) is 43.0 Å². The number of nitrogens with zero attached hydrogens (tertiary/aromatic N) is 2. The van der Waals surface area contributed by atoms with E-state index in [0.717, 1.165) is 29.8 Å². The average molecular weight is 332 g/mol. The minimum absolute atomic E-state index is 0.0739. The van der Waals surface area contributed by atoms with Crippen molar-refractivity contribution in [2.75, 3.05) is 20.1 Å². The number of carbonyl (C=O) groups is 2. The maximum Gasteiger partial charge on any atom is 0.228 e. The van der Waals surface area contributed by atoms with Crippen molar-refractivity contribution in [1.29, 1.82) is 0 Å². The third kappa shape index (κ3) is 2.59. The van der Waals surface area contributed by atoms with Gasteiger partial charge in [-0.25, -0.2) is 0 Å². The van der Waals surface area contributed by atoms with Crippen LogP contribution in [0.15, 0.2) is 17.5 Å². The molecule has 1 aliphatic carbocycles. The number of carbonyl (C=O) groups excluding carboxylic acids is 2. The molecule has 1 aromatic heterocycles. The summed E-state index contributed by atoms with van der Waals surface area (Å²) in [5.74, 6) is 1.81. The van der Waals surface area contributed by atoms with Gasteiger partial charge in [-0.1, -0.05) is 12.5 Å². The first kappa shape index (κ1) is 15.2. The number of piperidine rings is 1. The van der Waals surface area contributed by atoms with Gasteiger partial charge in [0, 0.05) is 31.4 Å². The summed E-state index contributed by atoms with van der Waals surface area (Å²) in [6.07, 6.45) is 5.08. The summed E-state index contributed by atoms with van der Waals surface area (Å²) in [5, 5.41) is 2.03. The molecule has 4 nitrogen and oxygen atoms in total. The standard InChI is InChI=1S/C18H24N2O2S/c1-19-16(21)8-7-14(17(19)15-6-3-9-23-15)18(22)20-10-12-4-2-5-13(12)11-20/h3,6,9,12-14,17H,2,4-5,7-8,10-11H2,1H3/t12-,13+,14-,17+/m0/s1. The SMILES string of the molecule is CN1C(=O)CC[C@H](C(=O)N2C[C@H]3CCC[C@H]3C2)[C@@H]1c1cccs1. The predicted octanol–water partition coefficient (Wildman–Crippen LogP) is 2.92. The van der Waals surface area contributed by atoms with Gasteiger partial charge in [0.2, 0.25) is 11.8 Å². The van der Waals surface area contributed by atoms with Gasteiger partial charge >= 0.3 is 0 Å². The molecule has 3 fully saturated rings. The molecule has 4 rings (SSSR count). The predicted molar refractivity (Wildman–Crippen MR) is 90.0 cm³/mol. The number of likely N-dealkylation sites (tertiary alicyclic amines) is 2. The molecule has 4 atom stereocenters. The van der Waals surface area contributed by atoms with Gasteiger partial charge in [0.1, 0.15) is 0 Å². The molecule has 3 heterocycles. The fraction of sp³-hybridized carbons (Fsp3) is 0.667. The molecule has 0 radical (unpaired) electrons. The second kappa shape index (κ2) is 5.93. The molecule has 5 heteroatoms. The Kier molecular flexibility index (Phi) is 3.92. The normalized spacial score (nSPS) is 34.0. The number of fused-ring (bicyclic) bond motifs is 1. The van der Waals surface area contributed by atoms with Crippen LogP contribution in [-0.4, -0.2) is 41.8 Å². The first-order valence-corrected chi connectivity index (χ1v) is 9.61. The Labute approximate surface area is 141 Å². The Balaban J connectivity index is 1.56. The van der Waals surface area contributed by atoms with Crippen molar-refractivity contribution in [2.24, 2.45) is 17.8 Å². The molecule has 1 saturated carbocycles. The molecule has 2 aliphatic heterocycles. The summed E-state index contributed by atoms with van der Waals surface area (Å²) in [6, 6.07) is 3.99. The highest BCUT2D eigenvalue weighted by Crippen LogP contribution is 2.42. The van der Waals surface area contributed by atoms with Gasteiger partial charge in [-0.15, -0.1) is 11.3 Å². The van der Waals surface area contributed by atoms with Gasteiger partial charge in [0.05, 0.1) is 12.0 Å². The lowest BCUT2D eigenvalue weighted by Gasteiger charge is -2.39. The quantitative estimate of drug-likeness (QED) is 0.835. The highest BCUT2D eigenvalue weighted by atomic mass is 32.1. The van der Waals surface area contributed by atoms with Crippen molar-refractivity contribution in [3.8, 4) is 0 Å². The van der Waals surface area contributed by atoms with E-state index in [1.807, 2.05) is 18.5 Å². The van der Waals surface area contributed by atoms with E-state index in [1.165, 1.54) is 19.3 Å². The van der Waals surface area contributed by atoms with Gasteiger partial charge in [-0.05, 0) is 42.5 Å². The minimum Gasteiger partial charge on any atom is -0.342 e. The molecule has 1 aromatic rings. The van der Waals surface area contributed by atoms with Crippen molar-refractivity contribution in [2.45, 2.75) is 38.1 Å². The lowest BCUT2D eigenvalue weighted by atomic mass is 9.87. The number of amides is 2. The van der Waals surface area contributed by atoms with E-state index < -0.39 is 0 Å².